The van der Waals surface area contributed by atoms with Gasteiger partial charge in [-0.25, -0.2) is 9.69 Å². The number of ether oxygens (including phenoxy) is 1. The van der Waals surface area contributed by atoms with Crippen LogP contribution in [0.2, 0.25) is 5.02 Å². The molecule has 4 rings (SSSR count). The molecule has 1 heterocycles. The summed E-state index contributed by atoms with van der Waals surface area (Å²) in [4.78, 5) is 49.0. The molecular formula is C24H13ClF3N3O6. The molecule has 0 bridgehead atoms. The highest BCUT2D eigenvalue weighted by Gasteiger charge is 2.37. The lowest BCUT2D eigenvalue weighted by atomic mass is 10.1. The number of nitrogens with zero attached hydrogens (tertiary/aromatic N) is 2. The smallest absolute Gasteiger partial charge is 0.416 e. The first-order valence-corrected chi connectivity index (χ1v) is 10.6. The van der Waals surface area contributed by atoms with Crippen molar-refractivity contribution in [2.75, 3.05) is 4.90 Å². The zero-order chi connectivity index (χ0) is 26.9. The Labute approximate surface area is 210 Å². The van der Waals surface area contributed by atoms with Crippen LogP contribution in [0.15, 0.2) is 72.3 Å². The Hall–Kier alpha value is -4.71. The number of nitro groups is 1. The fourth-order valence-corrected chi connectivity index (χ4v) is 3.57. The quantitative estimate of drug-likeness (QED) is 0.194. The fraction of sp³-hybridized carbons (Fsp3) is 0.0417. The lowest BCUT2D eigenvalue weighted by molar-refractivity contribution is -0.385. The summed E-state index contributed by atoms with van der Waals surface area (Å²) in [5, 5.41) is 13.6. The van der Waals surface area contributed by atoms with E-state index < -0.39 is 51.5 Å². The Morgan fingerprint density at radius 3 is 2.30 bits per heavy atom. The summed E-state index contributed by atoms with van der Waals surface area (Å²) in [7, 11) is 0. The maximum atomic E-state index is 13.1. The first-order valence-electron chi connectivity index (χ1n) is 10.3. The molecule has 1 aliphatic heterocycles. The van der Waals surface area contributed by atoms with Gasteiger partial charge in [0.15, 0.2) is 0 Å². The predicted octanol–water partition coefficient (Wildman–Crippen LogP) is 5.73. The van der Waals surface area contributed by atoms with Gasteiger partial charge >= 0.3 is 17.9 Å². The second-order valence-corrected chi connectivity index (χ2v) is 7.95. The zero-order valence-corrected chi connectivity index (χ0v) is 19.0. The van der Waals surface area contributed by atoms with Crippen molar-refractivity contribution in [3.05, 3.63) is 98.6 Å². The van der Waals surface area contributed by atoms with E-state index in [4.69, 9.17) is 16.3 Å². The van der Waals surface area contributed by atoms with Crippen molar-refractivity contribution in [1.82, 2.24) is 5.32 Å². The lowest BCUT2D eigenvalue weighted by Gasteiger charge is -2.26. The lowest BCUT2D eigenvalue weighted by Crippen LogP contribution is -2.54. The average molecular weight is 532 g/mol. The monoisotopic (exact) mass is 531 g/mol. The molecule has 3 aromatic rings. The molecule has 0 spiro atoms. The van der Waals surface area contributed by atoms with Gasteiger partial charge < -0.3 is 4.74 Å². The number of hydrogen-bond acceptors (Lipinski definition) is 6. The van der Waals surface area contributed by atoms with Crippen molar-refractivity contribution in [1.29, 1.82) is 0 Å². The molecule has 4 amide bonds. The number of nitro benzene ring substituents is 1. The number of imide groups is 2. The third kappa shape index (κ3) is 5.28. The van der Waals surface area contributed by atoms with Crippen LogP contribution in [0.5, 0.6) is 11.5 Å². The number of nitrogens with one attached hydrogen (secondary N) is 1. The van der Waals surface area contributed by atoms with Crippen LogP contribution in [-0.2, 0) is 15.8 Å². The molecule has 0 saturated carbocycles. The largest absolute Gasteiger partial charge is 0.449 e. The zero-order valence-electron chi connectivity index (χ0n) is 18.3. The Bertz CT molecular complexity index is 1470. The Balaban J connectivity index is 1.76. The first kappa shape index (κ1) is 25.4. The molecule has 0 atom stereocenters. The van der Waals surface area contributed by atoms with Crippen LogP contribution < -0.4 is 15.0 Å². The highest BCUT2D eigenvalue weighted by molar-refractivity contribution is 6.39. The van der Waals surface area contributed by atoms with Crippen molar-refractivity contribution in [2.45, 2.75) is 6.18 Å². The number of halogens is 4. The van der Waals surface area contributed by atoms with Crippen LogP contribution >= 0.6 is 11.6 Å². The molecule has 188 valence electrons. The van der Waals surface area contributed by atoms with Crippen molar-refractivity contribution in [3.8, 4) is 11.5 Å². The van der Waals surface area contributed by atoms with E-state index in [1.807, 2.05) is 5.32 Å². The summed E-state index contributed by atoms with van der Waals surface area (Å²) in [6.45, 7) is 0. The third-order valence-corrected chi connectivity index (χ3v) is 5.33. The van der Waals surface area contributed by atoms with Crippen LogP contribution in [0, 0.1) is 10.1 Å². The summed E-state index contributed by atoms with van der Waals surface area (Å²) in [5.41, 5.74) is -2.53. The van der Waals surface area contributed by atoms with Crippen molar-refractivity contribution < 1.29 is 37.2 Å². The van der Waals surface area contributed by atoms with Gasteiger partial charge in [0, 0.05) is 16.7 Å². The molecule has 13 heteroatoms. The second kappa shape index (κ2) is 9.74. The molecule has 0 aliphatic carbocycles. The van der Waals surface area contributed by atoms with Gasteiger partial charge in [0.25, 0.3) is 11.8 Å². The van der Waals surface area contributed by atoms with E-state index in [1.165, 1.54) is 30.3 Å². The van der Waals surface area contributed by atoms with Gasteiger partial charge in [-0.1, -0.05) is 29.8 Å². The molecule has 1 aliphatic rings. The Morgan fingerprint density at radius 1 is 0.973 bits per heavy atom. The van der Waals surface area contributed by atoms with Crippen LogP contribution in [0.4, 0.5) is 29.3 Å². The maximum Gasteiger partial charge on any atom is 0.416 e. The van der Waals surface area contributed by atoms with Gasteiger partial charge in [-0.3, -0.25) is 25.0 Å². The van der Waals surface area contributed by atoms with Gasteiger partial charge in [-0.15, -0.1) is 0 Å². The number of hydrogen-bond donors (Lipinski definition) is 1. The molecule has 0 aromatic heterocycles. The minimum absolute atomic E-state index is 0.0115. The summed E-state index contributed by atoms with van der Waals surface area (Å²) >= 11 is 6.04. The molecule has 37 heavy (non-hydrogen) atoms. The summed E-state index contributed by atoms with van der Waals surface area (Å²) < 4.78 is 44.6. The molecule has 9 nitrogen and oxygen atoms in total. The number of para-hydroxylation sites is 1. The normalized spacial score (nSPS) is 15.1. The number of carbonyl (C=O) groups excluding carboxylic acids is 3. The van der Waals surface area contributed by atoms with Gasteiger partial charge in [-0.05, 0) is 48.5 Å². The molecule has 0 radical (unpaired) electrons. The summed E-state index contributed by atoms with van der Waals surface area (Å²) in [6, 6.07) is 12.4. The summed E-state index contributed by atoms with van der Waals surface area (Å²) in [6.07, 6.45) is -3.77. The van der Waals surface area contributed by atoms with E-state index in [9.17, 15) is 37.7 Å². The molecule has 1 fully saturated rings. The Morgan fingerprint density at radius 2 is 1.65 bits per heavy atom. The number of anilines is 1. The highest BCUT2D eigenvalue weighted by Crippen LogP contribution is 2.39. The Kier molecular flexibility index (Phi) is 6.68. The summed E-state index contributed by atoms with van der Waals surface area (Å²) in [5.74, 6) is -2.68. The average Bonchev–Trinajstić information content (AvgIpc) is 2.83. The number of alkyl halides is 3. The molecule has 1 N–H and O–H groups in total. The SMILES string of the molecule is O=C1NC(=O)N(c2ccccc2)C(=O)/C1=C/c1cc(Cl)ccc1Oc1ccc(C(F)(F)F)cc1[N+](=O)[O-]. The van der Waals surface area contributed by atoms with E-state index in [-0.39, 0.29) is 22.0 Å². The van der Waals surface area contributed by atoms with E-state index in [0.29, 0.717) is 12.1 Å². The fourth-order valence-electron chi connectivity index (χ4n) is 3.39. The molecular weight excluding hydrogens is 519 g/mol. The van der Waals surface area contributed by atoms with Gasteiger partial charge in [0.1, 0.15) is 11.3 Å². The predicted molar refractivity (Wildman–Crippen MR) is 125 cm³/mol. The van der Waals surface area contributed by atoms with Gasteiger partial charge in [0.2, 0.25) is 5.75 Å². The number of benzene rings is 3. The number of barbiturate groups is 1. The van der Waals surface area contributed by atoms with Crippen LogP contribution in [0.1, 0.15) is 11.1 Å². The number of amides is 4. The first-order chi connectivity index (χ1) is 17.5. The highest BCUT2D eigenvalue weighted by atomic mass is 35.5. The van der Waals surface area contributed by atoms with Gasteiger partial charge in [0.05, 0.1) is 16.2 Å². The molecule has 1 saturated heterocycles. The van der Waals surface area contributed by atoms with Crippen LogP contribution in [-0.4, -0.2) is 22.8 Å². The standard InChI is InChI=1S/C24H13ClF3N3O6/c25-15-7-9-19(37-20-8-6-14(24(26,27)28)12-18(20)31(35)36)13(10-15)11-17-21(32)29-23(34)30(22(17)33)16-4-2-1-3-5-16/h1-12H,(H,29,32,34)/b17-11+. The topological polar surface area (TPSA) is 119 Å². The third-order valence-electron chi connectivity index (χ3n) is 5.09. The van der Waals surface area contributed by atoms with Crippen molar-refractivity contribution in [2.24, 2.45) is 0 Å². The van der Waals surface area contributed by atoms with E-state index in [0.717, 1.165) is 17.0 Å². The number of carbonyl (C=O) groups is 3. The number of urea groups is 1. The molecule has 0 unspecified atom stereocenters. The van der Waals surface area contributed by atoms with Crippen LogP contribution in [0.25, 0.3) is 6.08 Å². The van der Waals surface area contributed by atoms with E-state index >= 15 is 0 Å². The van der Waals surface area contributed by atoms with Crippen LogP contribution in [0.3, 0.4) is 0 Å². The van der Waals surface area contributed by atoms with Crippen molar-refractivity contribution >= 4 is 46.9 Å². The molecule has 3 aromatic carbocycles. The number of rotatable bonds is 5. The van der Waals surface area contributed by atoms with Gasteiger partial charge in [-0.2, -0.15) is 13.2 Å². The minimum atomic E-state index is -4.82. The van der Waals surface area contributed by atoms with E-state index in [1.54, 1.807) is 18.2 Å². The van der Waals surface area contributed by atoms with Crippen molar-refractivity contribution in [3.63, 3.8) is 0 Å². The second-order valence-electron chi connectivity index (χ2n) is 7.51. The van der Waals surface area contributed by atoms with E-state index in [2.05, 4.69) is 0 Å². The minimum Gasteiger partial charge on any atom is -0.449 e. The maximum absolute atomic E-state index is 13.1.